The van der Waals surface area contributed by atoms with E-state index in [-0.39, 0.29) is 6.61 Å². The molecule has 8 rings (SSSR count). The standard InChI is InChI=1S/C35H31N9O/c45-22-31-39-42-35-29-19-28(24-5-2-1-3-6-24)32(37-30(29)14-18-44(31)35)25-10-8-23(9-11-25)21-43-16-12-26(13-17-43)33-38-34(41-40-33)27-7-4-15-36-20-27/h1-11,14-15,18-20,26,45H,12-13,16-17,21-22H2,(H,38,40,41). The first-order valence-corrected chi connectivity index (χ1v) is 15.2. The highest BCUT2D eigenvalue weighted by molar-refractivity contribution is 5.98. The van der Waals surface area contributed by atoms with E-state index in [2.05, 4.69) is 77.7 Å². The first kappa shape index (κ1) is 27.2. The smallest absolute Gasteiger partial charge is 0.170 e. The minimum absolute atomic E-state index is 0.177. The molecule has 0 amide bonds. The Morgan fingerprint density at radius 3 is 2.42 bits per heavy atom. The van der Waals surface area contributed by atoms with Gasteiger partial charge in [-0.3, -0.25) is 14.3 Å². The quantitative estimate of drug-likeness (QED) is 0.243. The molecule has 0 radical (unpaired) electrons. The number of H-pyrrole nitrogens is 1. The number of aliphatic hydroxyl groups is 1. The van der Waals surface area contributed by atoms with Gasteiger partial charge in [0, 0.05) is 53.1 Å². The summed E-state index contributed by atoms with van der Waals surface area (Å²) in [5.74, 6) is 2.63. The molecule has 0 saturated carbocycles. The van der Waals surface area contributed by atoms with Gasteiger partial charge in [-0.25, -0.2) is 4.98 Å². The molecule has 0 bridgehead atoms. The topological polar surface area (TPSA) is 121 Å². The molecular formula is C35H31N9O. The Hall–Kier alpha value is -5.32. The molecule has 0 spiro atoms. The average Bonchev–Trinajstić information content (AvgIpc) is 3.77. The van der Waals surface area contributed by atoms with Crippen molar-refractivity contribution >= 4 is 16.6 Å². The highest BCUT2D eigenvalue weighted by Crippen LogP contribution is 2.35. The zero-order chi connectivity index (χ0) is 30.2. The summed E-state index contributed by atoms with van der Waals surface area (Å²) in [4.78, 5) is 15.3. The van der Waals surface area contributed by atoms with Gasteiger partial charge in [0.25, 0.3) is 0 Å². The van der Waals surface area contributed by atoms with Crippen LogP contribution < -0.4 is 0 Å². The molecule has 10 heteroatoms. The predicted octanol–water partition coefficient (Wildman–Crippen LogP) is 5.66. The van der Waals surface area contributed by atoms with Gasteiger partial charge in [-0.1, -0.05) is 54.6 Å². The van der Waals surface area contributed by atoms with Gasteiger partial charge in [0.1, 0.15) is 12.4 Å². The van der Waals surface area contributed by atoms with Crippen molar-refractivity contribution in [2.24, 2.45) is 0 Å². The van der Waals surface area contributed by atoms with Crippen molar-refractivity contribution in [1.29, 1.82) is 0 Å². The summed E-state index contributed by atoms with van der Waals surface area (Å²) in [6, 6.07) is 27.1. The number of hydrogen-bond acceptors (Lipinski definition) is 8. The van der Waals surface area contributed by atoms with Crippen molar-refractivity contribution in [1.82, 2.24) is 44.6 Å². The molecule has 1 aliphatic heterocycles. The van der Waals surface area contributed by atoms with Crippen molar-refractivity contribution in [3.8, 4) is 33.8 Å². The molecule has 10 nitrogen and oxygen atoms in total. The van der Waals surface area contributed by atoms with Crippen LogP contribution in [0.5, 0.6) is 0 Å². The second-order valence-electron chi connectivity index (χ2n) is 11.5. The molecule has 6 heterocycles. The number of rotatable bonds is 7. The molecule has 5 aromatic heterocycles. The summed E-state index contributed by atoms with van der Waals surface area (Å²) in [5.41, 5.74) is 7.84. The number of nitrogens with one attached hydrogen (secondary N) is 1. The number of fused-ring (bicyclic) bond motifs is 3. The lowest BCUT2D eigenvalue weighted by Crippen LogP contribution is -2.32. The summed E-state index contributed by atoms with van der Waals surface area (Å²) in [6.07, 6.45) is 7.52. The maximum absolute atomic E-state index is 9.69. The SMILES string of the molecule is OCc1nnc2c3cc(-c4ccccc4)c(-c4ccc(CN5CCC(c6nnc(-c7cccnc7)[nH]6)CC5)cc4)nc3ccn12. The maximum atomic E-state index is 9.69. The van der Waals surface area contributed by atoms with Crippen molar-refractivity contribution in [2.75, 3.05) is 13.1 Å². The normalized spacial score (nSPS) is 14.4. The van der Waals surface area contributed by atoms with Gasteiger partial charge in [0.2, 0.25) is 0 Å². The second-order valence-corrected chi connectivity index (χ2v) is 11.5. The first-order valence-electron chi connectivity index (χ1n) is 15.2. The van der Waals surface area contributed by atoms with Crippen LogP contribution in [-0.4, -0.2) is 62.8 Å². The van der Waals surface area contributed by atoms with E-state index in [0.29, 0.717) is 17.4 Å². The largest absolute Gasteiger partial charge is 0.388 e. The summed E-state index contributed by atoms with van der Waals surface area (Å²) < 4.78 is 1.82. The van der Waals surface area contributed by atoms with Crippen molar-refractivity contribution in [2.45, 2.75) is 31.9 Å². The highest BCUT2D eigenvalue weighted by Gasteiger charge is 2.24. The molecule has 7 aromatic rings. The fourth-order valence-electron chi connectivity index (χ4n) is 6.29. The Labute approximate surface area is 259 Å². The third-order valence-electron chi connectivity index (χ3n) is 8.71. The Bertz CT molecular complexity index is 2080. The van der Waals surface area contributed by atoms with Crippen LogP contribution >= 0.6 is 0 Å². The summed E-state index contributed by atoms with van der Waals surface area (Å²) in [5, 5.41) is 27.9. The van der Waals surface area contributed by atoms with E-state index in [0.717, 1.165) is 83.0 Å². The van der Waals surface area contributed by atoms with Crippen LogP contribution in [0.1, 0.15) is 36.0 Å². The number of aromatic nitrogens is 8. The Morgan fingerprint density at radius 1 is 0.822 bits per heavy atom. The Kier molecular flexibility index (Phi) is 7.05. The number of likely N-dealkylation sites (tertiary alicyclic amines) is 1. The van der Waals surface area contributed by atoms with Crippen LogP contribution in [-0.2, 0) is 13.2 Å². The van der Waals surface area contributed by atoms with Crippen LogP contribution in [0.15, 0.2) is 97.5 Å². The molecule has 2 N–H and O–H groups in total. The average molecular weight is 594 g/mol. The highest BCUT2D eigenvalue weighted by atomic mass is 16.3. The van der Waals surface area contributed by atoms with Crippen molar-refractivity contribution in [3.63, 3.8) is 0 Å². The van der Waals surface area contributed by atoms with Crippen LogP contribution in [0, 0.1) is 0 Å². The number of benzene rings is 2. The van der Waals surface area contributed by atoms with Crippen LogP contribution in [0.25, 0.3) is 50.3 Å². The lowest BCUT2D eigenvalue weighted by molar-refractivity contribution is 0.202. The van der Waals surface area contributed by atoms with Gasteiger partial charge in [0.15, 0.2) is 17.3 Å². The van der Waals surface area contributed by atoms with E-state index >= 15 is 0 Å². The van der Waals surface area contributed by atoms with E-state index in [9.17, 15) is 5.11 Å². The number of hydrogen-bond donors (Lipinski definition) is 2. The molecular weight excluding hydrogens is 562 g/mol. The number of nitrogens with zero attached hydrogens (tertiary/aromatic N) is 8. The predicted molar refractivity (Wildman–Crippen MR) is 172 cm³/mol. The minimum atomic E-state index is -0.177. The first-order chi connectivity index (χ1) is 22.2. The van der Waals surface area contributed by atoms with Crippen molar-refractivity contribution in [3.05, 3.63) is 115 Å². The van der Waals surface area contributed by atoms with Crippen LogP contribution in [0.3, 0.4) is 0 Å². The Balaban J connectivity index is 1.01. The third-order valence-corrected chi connectivity index (χ3v) is 8.71. The lowest BCUT2D eigenvalue weighted by Gasteiger charge is -2.30. The second kappa shape index (κ2) is 11.6. The molecule has 0 aliphatic carbocycles. The van der Waals surface area contributed by atoms with E-state index in [1.165, 1.54) is 5.56 Å². The number of aromatic amines is 1. The summed E-state index contributed by atoms with van der Waals surface area (Å²) in [6.45, 7) is 2.74. The van der Waals surface area contributed by atoms with E-state index in [1.54, 1.807) is 12.4 Å². The molecule has 1 aliphatic rings. The zero-order valence-corrected chi connectivity index (χ0v) is 24.6. The van der Waals surface area contributed by atoms with Gasteiger partial charge >= 0.3 is 0 Å². The fraction of sp³-hybridized carbons (Fsp3) is 0.200. The molecule has 0 unspecified atom stereocenters. The van der Waals surface area contributed by atoms with E-state index < -0.39 is 0 Å². The zero-order valence-electron chi connectivity index (χ0n) is 24.6. The minimum Gasteiger partial charge on any atom is -0.388 e. The lowest BCUT2D eigenvalue weighted by atomic mass is 9.95. The monoisotopic (exact) mass is 593 g/mol. The number of aliphatic hydroxyl groups excluding tert-OH is 1. The Morgan fingerprint density at radius 2 is 1.64 bits per heavy atom. The molecule has 45 heavy (non-hydrogen) atoms. The van der Waals surface area contributed by atoms with Crippen LogP contribution in [0.4, 0.5) is 0 Å². The molecule has 2 aromatic carbocycles. The molecule has 0 atom stereocenters. The van der Waals surface area contributed by atoms with E-state index in [4.69, 9.17) is 4.98 Å². The third kappa shape index (κ3) is 5.24. The van der Waals surface area contributed by atoms with Crippen molar-refractivity contribution < 1.29 is 5.11 Å². The van der Waals surface area contributed by atoms with Gasteiger partial charge in [-0.05, 0) is 61.3 Å². The molecule has 222 valence electrons. The van der Waals surface area contributed by atoms with Gasteiger partial charge in [-0.15, -0.1) is 20.4 Å². The molecule has 1 fully saturated rings. The van der Waals surface area contributed by atoms with E-state index in [1.807, 2.05) is 47.0 Å². The van der Waals surface area contributed by atoms with Gasteiger partial charge in [-0.2, -0.15) is 0 Å². The summed E-state index contributed by atoms with van der Waals surface area (Å²) in [7, 11) is 0. The van der Waals surface area contributed by atoms with Gasteiger partial charge in [0.05, 0.1) is 11.2 Å². The molecule has 1 saturated heterocycles. The fourth-order valence-corrected chi connectivity index (χ4v) is 6.29. The number of piperidine rings is 1. The number of pyridine rings is 3. The summed E-state index contributed by atoms with van der Waals surface area (Å²) >= 11 is 0. The van der Waals surface area contributed by atoms with Crippen LogP contribution in [0.2, 0.25) is 0 Å². The van der Waals surface area contributed by atoms with Gasteiger partial charge < -0.3 is 10.1 Å². The maximum Gasteiger partial charge on any atom is 0.170 e.